The molecule has 86 valence electrons. The van der Waals surface area contributed by atoms with E-state index >= 15 is 0 Å². The van der Waals surface area contributed by atoms with Gasteiger partial charge in [0, 0.05) is 27.3 Å². The molecule has 2 rings (SSSR count). The van der Waals surface area contributed by atoms with Crippen molar-refractivity contribution in [2.24, 2.45) is 0 Å². The third kappa shape index (κ3) is 5.04. The van der Waals surface area contributed by atoms with Crippen molar-refractivity contribution in [2.45, 2.75) is 0 Å². The number of aromatic amines is 2. The Morgan fingerprint density at radius 1 is 0.882 bits per heavy atom. The van der Waals surface area contributed by atoms with Crippen molar-refractivity contribution in [3.8, 4) is 0 Å². The molecule has 0 fully saturated rings. The van der Waals surface area contributed by atoms with Gasteiger partial charge in [0.25, 0.3) is 11.6 Å². The molecule has 0 radical (unpaired) electrons. The maximum Gasteiger partial charge on any atom is 0.377 e. The number of aromatic nitrogens is 8. The maximum absolute atomic E-state index is 9.88. The molecule has 0 saturated heterocycles. The molecule has 0 aromatic carbocycles. The van der Waals surface area contributed by atoms with Crippen LogP contribution < -0.4 is 0 Å². The fourth-order valence-electron chi connectivity index (χ4n) is 0.505. The second kappa shape index (κ2) is 7.30. The van der Waals surface area contributed by atoms with Crippen LogP contribution in [0.1, 0.15) is 21.2 Å². The van der Waals surface area contributed by atoms with Crippen LogP contribution in [0.4, 0.5) is 0 Å². The average molecular weight is 341 g/mol. The van der Waals surface area contributed by atoms with Gasteiger partial charge in [-0.15, -0.1) is 20.4 Å². The SMILES string of the molecule is O=C(O)c1nn[nH]n1.O=C(O)c1nn[nH]n1.[Cd]. The first-order valence-corrected chi connectivity index (χ1v) is 3.54. The first-order chi connectivity index (χ1) is 7.61. The van der Waals surface area contributed by atoms with E-state index in [-0.39, 0.29) is 38.9 Å². The van der Waals surface area contributed by atoms with Gasteiger partial charge in [0.05, 0.1) is 0 Å². The van der Waals surface area contributed by atoms with Gasteiger partial charge in [-0.2, -0.15) is 10.4 Å². The van der Waals surface area contributed by atoms with Crippen LogP contribution in [-0.2, 0) is 27.3 Å². The Bertz CT molecular complexity index is 410. The first kappa shape index (κ1) is 15.0. The van der Waals surface area contributed by atoms with Crippen LogP contribution >= 0.6 is 0 Å². The molecule has 0 spiro atoms. The summed E-state index contributed by atoms with van der Waals surface area (Å²) in [4.78, 5) is 19.8. The van der Waals surface area contributed by atoms with Gasteiger partial charge in [0.15, 0.2) is 0 Å². The zero-order valence-corrected chi connectivity index (χ0v) is 12.1. The van der Waals surface area contributed by atoms with Crippen LogP contribution in [0.2, 0.25) is 0 Å². The van der Waals surface area contributed by atoms with Crippen molar-refractivity contribution in [1.82, 2.24) is 41.2 Å². The van der Waals surface area contributed by atoms with Crippen molar-refractivity contribution in [1.29, 1.82) is 0 Å². The summed E-state index contributed by atoms with van der Waals surface area (Å²) in [5, 5.41) is 38.9. The summed E-state index contributed by atoms with van der Waals surface area (Å²) in [5.41, 5.74) is 0. The standard InChI is InChI=1S/2C2H2N4O2.Cd/c2*7-2(8)1-3-5-6-4-1;/h2*(H,7,8)(H,3,4,5,6);. The van der Waals surface area contributed by atoms with Crippen LogP contribution in [0.15, 0.2) is 0 Å². The van der Waals surface area contributed by atoms with Gasteiger partial charge in [0.1, 0.15) is 0 Å². The van der Waals surface area contributed by atoms with Gasteiger partial charge in [0.2, 0.25) is 0 Å². The van der Waals surface area contributed by atoms with Gasteiger partial charge in [-0.1, -0.05) is 0 Å². The summed E-state index contributed by atoms with van der Waals surface area (Å²) in [6, 6.07) is 0. The smallest absolute Gasteiger partial charge is 0.377 e. The van der Waals surface area contributed by atoms with Crippen LogP contribution in [0.25, 0.3) is 0 Å². The Labute approximate surface area is 112 Å². The van der Waals surface area contributed by atoms with Gasteiger partial charge in [-0.3, -0.25) is 0 Å². The van der Waals surface area contributed by atoms with E-state index in [0.29, 0.717) is 0 Å². The number of carboxylic acids is 2. The minimum absolute atomic E-state index is 0. The number of nitrogens with zero attached hydrogens (tertiary/aromatic N) is 6. The van der Waals surface area contributed by atoms with E-state index in [1.807, 2.05) is 10.4 Å². The summed E-state index contributed by atoms with van der Waals surface area (Å²) in [5.74, 6) is -2.99. The van der Waals surface area contributed by atoms with Crippen molar-refractivity contribution in [2.75, 3.05) is 0 Å². The van der Waals surface area contributed by atoms with Crippen LogP contribution in [-0.4, -0.2) is 63.4 Å². The van der Waals surface area contributed by atoms with E-state index < -0.39 is 11.9 Å². The summed E-state index contributed by atoms with van der Waals surface area (Å²) in [6.07, 6.45) is 0. The summed E-state index contributed by atoms with van der Waals surface area (Å²) < 4.78 is 0. The van der Waals surface area contributed by atoms with Crippen LogP contribution in [0, 0.1) is 0 Å². The molecule has 2 aromatic heterocycles. The van der Waals surface area contributed by atoms with Crippen molar-refractivity contribution < 1.29 is 47.1 Å². The van der Waals surface area contributed by atoms with E-state index in [4.69, 9.17) is 10.2 Å². The molecule has 17 heavy (non-hydrogen) atoms. The number of rotatable bonds is 2. The van der Waals surface area contributed by atoms with Crippen LogP contribution in [0.5, 0.6) is 0 Å². The van der Waals surface area contributed by atoms with Gasteiger partial charge >= 0.3 is 11.9 Å². The zero-order valence-electron chi connectivity index (χ0n) is 8.10. The minimum atomic E-state index is -1.18. The molecule has 4 N–H and O–H groups in total. The predicted molar refractivity (Wildman–Crippen MR) is 42.3 cm³/mol. The number of tetrazole rings is 2. The fraction of sp³-hybridized carbons (Fsp3) is 0. The van der Waals surface area contributed by atoms with E-state index in [0.717, 1.165) is 0 Å². The Kier molecular flexibility index (Phi) is 6.45. The average Bonchev–Trinajstić information content (AvgIpc) is 2.93. The van der Waals surface area contributed by atoms with Gasteiger partial charge in [-0.25, -0.2) is 9.59 Å². The Balaban J connectivity index is 0.000000284. The number of H-pyrrole nitrogens is 2. The maximum atomic E-state index is 9.88. The first-order valence-electron chi connectivity index (χ1n) is 3.54. The van der Waals surface area contributed by atoms with Crippen molar-refractivity contribution in [3.05, 3.63) is 11.6 Å². The number of carboxylic acid groups (broad SMARTS) is 2. The predicted octanol–water partition coefficient (Wildman–Crippen LogP) is -2.21. The molecule has 12 nitrogen and oxygen atoms in total. The second-order valence-corrected chi connectivity index (χ2v) is 2.08. The Hall–Kier alpha value is -2.00. The Morgan fingerprint density at radius 2 is 1.24 bits per heavy atom. The van der Waals surface area contributed by atoms with Crippen molar-refractivity contribution >= 4 is 11.9 Å². The molecule has 0 saturated carbocycles. The summed E-state index contributed by atoms with van der Waals surface area (Å²) in [6.45, 7) is 0. The molecule has 0 aliphatic rings. The normalized spacial score (nSPS) is 8.47. The van der Waals surface area contributed by atoms with Crippen LogP contribution in [0.3, 0.4) is 0 Å². The molecule has 13 heteroatoms. The van der Waals surface area contributed by atoms with Gasteiger partial charge in [-0.05, 0) is 10.4 Å². The molecule has 0 aliphatic carbocycles. The summed E-state index contributed by atoms with van der Waals surface area (Å²) >= 11 is 0. The molecule has 0 bridgehead atoms. The molecule has 0 aliphatic heterocycles. The molecule has 0 unspecified atom stereocenters. The molecule has 0 amide bonds. The topological polar surface area (TPSA) is 184 Å². The number of nitrogens with one attached hydrogen (secondary N) is 2. The quantitative estimate of drug-likeness (QED) is 0.437. The number of aromatic carboxylic acids is 2. The minimum Gasteiger partial charge on any atom is -0.475 e. The number of hydrogen-bond acceptors (Lipinski definition) is 8. The Morgan fingerprint density at radius 3 is 1.35 bits per heavy atom. The molecule has 0 atom stereocenters. The molecular weight excluding hydrogens is 337 g/mol. The third-order valence-corrected chi connectivity index (χ3v) is 1.07. The van der Waals surface area contributed by atoms with E-state index in [9.17, 15) is 9.59 Å². The summed E-state index contributed by atoms with van der Waals surface area (Å²) in [7, 11) is 0. The number of carbonyl (C=O) groups is 2. The largest absolute Gasteiger partial charge is 0.475 e. The van der Waals surface area contributed by atoms with Crippen molar-refractivity contribution in [3.63, 3.8) is 0 Å². The monoisotopic (exact) mass is 342 g/mol. The van der Waals surface area contributed by atoms with E-state index in [2.05, 4.69) is 30.8 Å². The van der Waals surface area contributed by atoms with E-state index in [1.54, 1.807) is 0 Å². The molecule has 2 heterocycles. The second-order valence-electron chi connectivity index (χ2n) is 2.08. The molecule has 2 aromatic rings. The fourth-order valence-corrected chi connectivity index (χ4v) is 0.505. The van der Waals surface area contributed by atoms with E-state index in [1.165, 1.54) is 0 Å². The number of hydrogen-bond donors (Lipinski definition) is 4. The molecular formula is C4H4CdN8O4. The zero-order chi connectivity index (χ0) is 12.0. The van der Waals surface area contributed by atoms with Gasteiger partial charge < -0.3 is 10.2 Å². The third-order valence-electron chi connectivity index (χ3n) is 1.07.